The van der Waals surface area contributed by atoms with E-state index in [1.807, 2.05) is 12.1 Å². The lowest BCUT2D eigenvalue weighted by atomic mass is 9.76. The van der Waals surface area contributed by atoms with Crippen LogP contribution in [0.5, 0.6) is 0 Å². The molecule has 0 aromatic heterocycles. The number of hydrogen-bond donors (Lipinski definition) is 0. The minimum absolute atomic E-state index is 0.0426. The van der Waals surface area contributed by atoms with E-state index in [1.165, 1.54) is 42.4 Å². The zero-order chi connectivity index (χ0) is 16.9. The highest BCUT2D eigenvalue weighted by molar-refractivity contribution is 5.41. The van der Waals surface area contributed by atoms with Gasteiger partial charge in [0.05, 0.1) is 0 Å². The first-order valence-corrected chi connectivity index (χ1v) is 9.81. The summed E-state index contributed by atoms with van der Waals surface area (Å²) in [5.41, 5.74) is 5.06. The van der Waals surface area contributed by atoms with Gasteiger partial charge >= 0.3 is 0 Å². The Hall–Kier alpha value is -1.37. The summed E-state index contributed by atoms with van der Waals surface area (Å²) in [4.78, 5) is 0. The molecule has 0 spiro atoms. The fourth-order valence-corrected chi connectivity index (χ4v) is 4.54. The Bertz CT molecular complexity index is 603. The van der Waals surface area contributed by atoms with E-state index >= 15 is 0 Å². The lowest BCUT2D eigenvalue weighted by Crippen LogP contribution is -2.15. The van der Waals surface area contributed by atoms with E-state index in [2.05, 4.69) is 25.6 Å². The second kappa shape index (κ2) is 8.14. The van der Waals surface area contributed by atoms with Gasteiger partial charge < -0.3 is 0 Å². The third kappa shape index (κ3) is 3.99. The van der Waals surface area contributed by atoms with E-state index in [9.17, 15) is 4.39 Å². The van der Waals surface area contributed by atoms with E-state index in [1.54, 1.807) is 0 Å². The van der Waals surface area contributed by atoms with Gasteiger partial charge in [-0.1, -0.05) is 37.1 Å². The van der Waals surface area contributed by atoms with Crippen molar-refractivity contribution in [3.8, 4) is 0 Å². The van der Waals surface area contributed by atoms with Gasteiger partial charge in [0.2, 0.25) is 0 Å². The van der Waals surface area contributed by atoms with Crippen molar-refractivity contribution in [1.29, 1.82) is 0 Å². The van der Waals surface area contributed by atoms with E-state index < -0.39 is 0 Å². The SMILES string of the molecule is C=CCCC1CCC(c2cc3c(cc2F)CC(CCC)=CC3)CC1. The second-order valence-electron chi connectivity index (χ2n) is 7.72. The van der Waals surface area contributed by atoms with Crippen molar-refractivity contribution in [3.63, 3.8) is 0 Å². The molecule has 0 aliphatic heterocycles. The molecule has 0 heterocycles. The van der Waals surface area contributed by atoms with Crippen molar-refractivity contribution in [2.45, 2.75) is 77.0 Å². The van der Waals surface area contributed by atoms with Crippen LogP contribution in [0.4, 0.5) is 4.39 Å². The fourth-order valence-electron chi connectivity index (χ4n) is 4.54. The summed E-state index contributed by atoms with van der Waals surface area (Å²) in [6.45, 7) is 6.04. The first-order chi connectivity index (χ1) is 11.7. The maximum atomic E-state index is 14.7. The summed E-state index contributed by atoms with van der Waals surface area (Å²) in [6.07, 6.45) is 15.8. The Balaban J connectivity index is 1.68. The predicted molar refractivity (Wildman–Crippen MR) is 101 cm³/mol. The van der Waals surface area contributed by atoms with Crippen molar-refractivity contribution in [1.82, 2.24) is 0 Å². The summed E-state index contributed by atoms with van der Waals surface area (Å²) >= 11 is 0. The third-order valence-electron chi connectivity index (χ3n) is 5.98. The van der Waals surface area contributed by atoms with Crippen molar-refractivity contribution < 1.29 is 4.39 Å². The molecule has 0 unspecified atom stereocenters. The van der Waals surface area contributed by atoms with Gasteiger partial charge in [-0.15, -0.1) is 6.58 Å². The molecule has 1 aromatic carbocycles. The highest BCUT2D eigenvalue weighted by Gasteiger charge is 2.25. The first kappa shape index (κ1) is 17.5. The summed E-state index contributed by atoms with van der Waals surface area (Å²) in [7, 11) is 0. The van der Waals surface area contributed by atoms with Gasteiger partial charge in [-0.2, -0.15) is 0 Å². The number of rotatable bonds is 6. The molecule has 1 saturated carbocycles. The quantitative estimate of drug-likeness (QED) is 0.499. The molecular weight excluding hydrogens is 295 g/mol. The smallest absolute Gasteiger partial charge is 0.126 e. The molecule has 0 amide bonds. The molecule has 1 aromatic rings. The van der Waals surface area contributed by atoms with Gasteiger partial charge in [-0.3, -0.25) is 0 Å². The van der Waals surface area contributed by atoms with Crippen LogP contribution in [0.1, 0.15) is 80.9 Å². The fraction of sp³-hybridized carbons (Fsp3) is 0.565. The Morgan fingerprint density at radius 3 is 2.67 bits per heavy atom. The van der Waals surface area contributed by atoms with Crippen LogP contribution in [0.25, 0.3) is 0 Å². The monoisotopic (exact) mass is 326 g/mol. The second-order valence-corrected chi connectivity index (χ2v) is 7.72. The van der Waals surface area contributed by atoms with Crippen LogP contribution in [-0.2, 0) is 12.8 Å². The average Bonchev–Trinajstić information content (AvgIpc) is 2.60. The zero-order valence-electron chi connectivity index (χ0n) is 15.1. The van der Waals surface area contributed by atoms with Crippen molar-refractivity contribution in [3.05, 3.63) is 58.9 Å². The Labute approximate surface area is 146 Å². The van der Waals surface area contributed by atoms with Gasteiger partial charge in [0.25, 0.3) is 0 Å². The summed E-state index contributed by atoms with van der Waals surface area (Å²) in [5, 5.41) is 0. The molecule has 0 N–H and O–H groups in total. The van der Waals surface area contributed by atoms with E-state index in [0.717, 1.165) is 50.0 Å². The van der Waals surface area contributed by atoms with Gasteiger partial charge in [0.1, 0.15) is 5.82 Å². The van der Waals surface area contributed by atoms with E-state index in [4.69, 9.17) is 0 Å². The molecule has 0 bridgehead atoms. The number of halogens is 1. The maximum absolute atomic E-state index is 14.7. The molecule has 24 heavy (non-hydrogen) atoms. The topological polar surface area (TPSA) is 0 Å². The first-order valence-electron chi connectivity index (χ1n) is 9.81. The van der Waals surface area contributed by atoms with Crippen molar-refractivity contribution >= 4 is 0 Å². The molecule has 1 heteroatoms. The minimum Gasteiger partial charge on any atom is -0.207 e. The molecule has 2 aliphatic rings. The average molecular weight is 326 g/mol. The highest BCUT2D eigenvalue weighted by atomic mass is 19.1. The van der Waals surface area contributed by atoms with E-state index in [0.29, 0.717) is 5.92 Å². The summed E-state index contributed by atoms with van der Waals surface area (Å²) in [6, 6.07) is 4.04. The molecule has 0 saturated heterocycles. The molecule has 130 valence electrons. The van der Waals surface area contributed by atoms with Gasteiger partial charge in [-0.05, 0) is 92.4 Å². The van der Waals surface area contributed by atoms with Gasteiger partial charge in [0.15, 0.2) is 0 Å². The molecular formula is C23H31F. The number of fused-ring (bicyclic) bond motifs is 1. The predicted octanol–water partition coefficient (Wildman–Crippen LogP) is 6.89. The third-order valence-corrected chi connectivity index (χ3v) is 5.98. The zero-order valence-corrected chi connectivity index (χ0v) is 15.1. The van der Waals surface area contributed by atoms with Crippen molar-refractivity contribution in [2.24, 2.45) is 5.92 Å². The molecule has 1 fully saturated rings. The molecule has 3 rings (SSSR count). The van der Waals surface area contributed by atoms with Crippen LogP contribution in [0.15, 0.2) is 36.4 Å². The van der Waals surface area contributed by atoms with Crippen LogP contribution in [0.2, 0.25) is 0 Å². The number of allylic oxidation sites excluding steroid dienone is 3. The standard InChI is InChI=1S/C23H31F/c1-3-5-7-17-8-11-19(12-9-17)22-15-20-13-10-18(6-4-2)14-21(20)16-23(22)24/h3,10,15-17,19H,1,4-9,11-14H2,2H3. The largest absolute Gasteiger partial charge is 0.207 e. The van der Waals surface area contributed by atoms with Crippen LogP contribution >= 0.6 is 0 Å². The van der Waals surface area contributed by atoms with Gasteiger partial charge in [-0.25, -0.2) is 4.39 Å². The highest BCUT2D eigenvalue weighted by Crippen LogP contribution is 2.40. The maximum Gasteiger partial charge on any atom is 0.126 e. The van der Waals surface area contributed by atoms with Crippen LogP contribution < -0.4 is 0 Å². The minimum atomic E-state index is 0.0426. The van der Waals surface area contributed by atoms with Crippen LogP contribution in [0, 0.1) is 11.7 Å². The lowest BCUT2D eigenvalue weighted by Gasteiger charge is -2.30. The summed E-state index contributed by atoms with van der Waals surface area (Å²) < 4.78 is 14.7. The van der Waals surface area contributed by atoms with E-state index in [-0.39, 0.29) is 5.82 Å². The Morgan fingerprint density at radius 2 is 1.96 bits per heavy atom. The summed E-state index contributed by atoms with van der Waals surface area (Å²) in [5.74, 6) is 1.29. The number of benzene rings is 1. The Morgan fingerprint density at radius 1 is 1.17 bits per heavy atom. The van der Waals surface area contributed by atoms with Gasteiger partial charge in [0, 0.05) is 0 Å². The normalized spacial score (nSPS) is 23.5. The molecule has 0 radical (unpaired) electrons. The molecule has 0 atom stereocenters. The van der Waals surface area contributed by atoms with Crippen LogP contribution in [-0.4, -0.2) is 0 Å². The number of hydrogen-bond acceptors (Lipinski definition) is 0. The van der Waals surface area contributed by atoms with Crippen molar-refractivity contribution in [2.75, 3.05) is 0 Å². The van der Waals surface area contributed by atoms with Crippen LogP contribution in [0.3, 0.4) is 0 Å². The molecule has 0 nitrogen and oxygen atoms in total. The molecule has 2 aliphatic carbocycles. The Kier molecular flexibility index (Phi) is 5.92. The lowest BCUT2D eigenvalue weighted by molar-refractivity contribution is 0.308.